The van der Waals surface area contributed by atoms with Gasteiger partial charge >= 0.3 is 0 Å². The SMILES string of the molecule is CCN(Cc1ccc2c(c1)OCO2)C(=O)CCCNC(=O)c1cccs1. The zero-order valence-corrected chi connectivity index (χ0v) is 15.5. The molecule has 2 heterocycles. The summed E-state index contributed by atoms with van der Waals surface area (Å²) in [5.41, 5.74) is 1.01. The summed E-state index contributed by atoms with van der Waals surface area (Å²) >= 11 is 1.41. The van der Waals surface area contributed by atoms with Crippen molar-refractivity contribution >= 4 is 23.2 Å². The molecular weight excluding hydrogens is 352 g/mol. The van der Waals surface area contributed by atoms with Gasteiger partial charge in [0.05, 0.1) is 4.88 Å². The van der Waals surface area contributed by atoms with Crippen LogP contribution in [0.2, 0.25) is 0 Å². The first-order valence-corrected chi connectivity index (χ1v) is 9.53. The van der Waals surface area contributed by atoms with Gasteiger partial charge in [0.15, 0.2) is 11.5 Å². The number of ether oxygens (including phenoxy) is 2. The Hall–Kier alpha value is -2.54. The van der Waals surface area contributed by atoms with E-state index in [2.05, 4.69) is 5.32 Å². The third-order valence-electron chi connectivity index (χ3n) is 4.14. The number of benzene rings is 1. The Kier molecular flexibility index (Phi) is 6.12. The van der Waals surface area contributed by atoms with Crippen LogP contribution in [0.15, 0.2) is 35.7 Å². The molecule has 1 aromatic carbocycles. The van der Waals surface area contributed by atoms with Crippen LogP contribution in [0.1, 0.15) is 35.0 Å². The van der Waals surface area contributed by atoms with Gasteiger partial charge in [0.1, 0.15) is 0 Å². The average Bonchev–Trinajstić information content (AvgIpc) is 3.34. The molecule has 0 bridgehead atoms. The number of fused-ring (bicyclic) bond motifs is 1. The van der Waals surface area contributed by atoms with E-state index in [1.54, 1.807) is 11.0 Å². The first-order valence-electron chi connectivity index (χ1n) is 8.65. The van der Waals surface area contributed by atoms with Gasteiger partial charge in [0.2, 0.25) is 12.7 Å². The van der Waals surface area contributed by atoms with Gasteiger partial charge < -0.3 is 19.7 Å². The van der Waals surface area contributed by atoms with Crippen molar-refractivity contribution in [2.24, 2.45) is 0 Å². The van der Waals surface area contributed by atoms with Crippen molar-refractivity contribution in [1.29, 1.82) is 0 Å². The number of nitrogens with one attached hydrogen (secondary N) is 1. The molecular formula is C19H22N2O4S. The lowest BCUT2D eigenvalue weighted by Gasteiger charge is -2.21. The highest BCUT2D eigenvalue weighted by Crippen LogP contribution is 2.32. The summed E-state index contributed by atoms with van der Waals surface area (Å²) in [4.78, 5) is 26.8. The van der Waals surface area contributed by atoms with Crippen molar-refractivity contribution in [1.82, 2.24) is 10.2 Å². The molecule has 138 valence electrons. The van der Waals surface area contributed by atoms with Crippen molar-refractivity contribution in [3.05, 3.63) is 46.2 Å². The molecule has 0 atom stereocenters. The van der Waals surface area contributed by atoms with Gasteiger partial charge in [-0.1, -0.05) is 12.1 Å². The van der Waals surface area contributed by atoms with E-state index in [1.807, 2.05) is 36.6 Å². The van der Waals surface area contributed by atoms with E-state index in [9.17, 15) is 9.59 Å². The number of nitrogens with zero attached hydrogens (tertiary/aromatic N) is 1. The lowest BCUT2D eigenvalue weighted by Crippen LogP contribution is -2.31. The van der Waals surface area contributed by atoms with Crippen molar-refractivity contribution in [2.45, 2.75) is 26.3 Å². The molecule has 1 N–H and O–H groups in total. The van der Waals surface area contributed by atoms with Gasteiger partial charge in [0.25, 0.3) is 5.91 Å². The standard InChI is InChI=1S/C19H22N2O4S/c1-2-21(12-14-7-8-15-16(11-14)25-13-24-15)18(22)6-3-9-20-19(23)17-5-4-10-26-17/h4-5,7-8,10-11H,2-3,6,9,12-13H2,1H3,(H,20,23). The summed E-state index contributed by atoms with van der Waals surface area (Å²) < 4.78 is 10.7. The summed E-state index contributed by atoms with van der Waals surface area (Å²) in [5, 5.41) is 4.71. The largest absolute Gasteiger partial charge is 0.454 e. The van der Waals surface area contributed by atoms with Crippen LogP contribution in [0.5, 0.6) is 11.5 Å². The molecule has 0 aliphatic carbocycles. The van der Waals surface area contributed by atoms with Crippen LogP contribution >= 0.6 is 11.3 Å². The maximum Gasteiger partial charge on any atom is 0.261 e. The molecule has 0 radical (unpaired) electrons. The predicted molar refractivity (Wildman–Crippen MR) is 99.5 cm³/mol. The second kappa shape index (κ2) is 8.71. The van der Waals surface area contributed by atoms with Crippen LogP contribution in [-0.2, 0) is 11.3 Å². The van der Waals surface area contributed by atoms with Gasteiger partial charge in [-0.05, 0) is 42.5 Å². The maximum atomic E-state index is 12.4. The molecule has 3 rings (SSSR count). The lowest BCUT2D eigenvalue weighted by molar-refractivity contribution is -0.131. The molecule has 7 heteroatoms. The minimum absolute atomic E-state index is 0.0792. The van der Waals surface area contributed by atoms with Gasteiger partial charge in [-0.2, -0.15) is 0 Å². The Bertz CT molecular complexity index is 761. The fraction of sp³-hybridized carbons (Fsp3) is 0.368. The average molecular weight is 374 g/mol. The molecule has 0 saturated heterocycles. The predicted octanol–water partition coefficient (Wildman–Crippen LogP) is 3.04. The van der Waals surface area contributed by atoms with E-state index in [4.69, 9.17) is 9.47 Å². The van der Waals surface area contributed by atoms with Crippen LogP contribution in [0.3, 0.4) is 0 Å². The highest BCUT2D eigenvalue weighted by atomic mass is 32.1. The second-order valence-corrected chi connectivity index (χ2v) is 6.88. The van der Waals surface area contributed by atoms with Crippen molar-refractivity contribution in [3.8, 4) is 11.5 Å². The zero-order chi connectivity index (χ0) is 18.4. The molecule has 26 heavy (non-hydrogen) atoms. The Morgan fingerprint density at radius 3 is 2.85 bits per heavy atom. The monoisotopic (exact) mass is 374 g/mol. The molecule has 0 fully saturated rings. The Morgan fingerprint density at radius 2 is 2.08 bits per heavy atom. The molecule has 1 aliphatic heterocycles. The molecule has 0 spiro atoms. The number of hydrogen-bond acceptors (Lipinski definition) is 5. The Morgan fingerprint density at radius 1 is 1.23 bits per heavy atom. The van der Waals surface area contributed by atoms with Crippen molar-refractivity contribution in [3.63, 3.8) is 0 Å². The third-order valence-corrected chi connectivity index (χ3v) is 5.01. The summed E-state index contributed by atoms with van der Waals surface area (Å²) in [5.74, 6) is 1.46. The molecule has 2 amide bonds. The Balaban J connectivity index is 1.44. The highest BCUT2D eigenvalue weighted by Gasteiger charge is 2.16. The van der Waals surface area contributed by atoms with E-state index >= 15 is 0 Å². The number of thiophene rings is 1. The van der Waals surface area contributed by atoms with Gasteiger partial charge in [-0.3, -0.25) is 9.59 Å². The molecule has 1 aliphatic rings. The summed E-state index contributed by atoms with van der Waals surface area (Å²) in [6.45, 7) is 3.86. The topological polar surface area (TPSA) is 67.9 Å². The molecule has 6 nitrogen and oxygen atoms in total. The molecule has 1 aromatic heterocycles. The Labute approximate surface area is 156 Å². The van der Waals surface area contributed by atoms with E-state index < -0.39 is 0 Å². The highest BCUT2D eigenvalue weighted by molar-refractivity contribution is 7.12. The van der Waals surface area contributed by atoms with Crippen LogP contribution in [0.25, 0.3) is 0 Å². The van der Waals surface area contributed by atoms with Gasteiger partial charge in [-0.25, -0.2) is 0 Å². The van der Waals surface area contributed by atoms with Crippen LogP contribution in [-0.4, -0.2) is 36.6 Å². The first-order chi connectivity index (χ1) is 12.7. The van der Waals surface area contributed by atoms with Crippen LogP contribution in [0, 0.1) is 0 Å². The normalized spacial score (nSPS) is 12.0. The number of hydrogen-bond donors (Lipinski definition) is 1. The quantitative estimate of drug-likeness (QED) is 0.721. The van der Waals surface area contributed by atoms with Crippen LogP contribution in [0.4, 0.5) is 0 Å². The number of rotatable bonds is 8. The van der Waals surface area contributed by atoms with E-state index in [0.29, 0.717) is 37.4 Å². The first kappa shape index (κ1) is 18.3. The summed E-state index contributed by atoms with van der Waals surface area (Å²) in [7, 11) is 0. The molecule has 2 aromatic rings. The molecule has 0 saturated carbocycles. The fourth-order valence-electron chi connectivity index (χ4n) is 2.73. The van der Waals surface area contributed by atoms with Crippen molar-refractivity contribution < 1.29 is 19.1 Å². The van der Waals surface area contributed by atoms with Crippen LogP contribution < -0.4 is 14.8 Å². The van der Waals surface area contributed by atoms with Gasteiger partial charge in [0, 0.05) is 26.1 Å². The lowest BCUT2D eigenvalue weighted by atomic mass is 10.1. The summed E-state index contributed by atoms with van der Waals surface area (Å²) in [6, 6.07) is 9.37. The smallest absolute Gasteiger partial charge is 0.261 e. The van der Waals surface area contributed by atoms with Gasteiger partial charge in [-0.15, -0.1) is 11.3 Å². The van der Waals surface area contributed by atoms with E-state index in [1.165, 1.54) is 11.3 Å². The zero-order valence-electron chi connectivity index (χ0n) is 14.7. The fourth-order valence-corrected chi connectivity index (χ4v) is 3.37. The minimum atomic E-state index is -0.0832. The second-order valence-electron chi connectivity index (χ2n) is 5.93. The van der Waals surface area contributed by atoms with Crippen molar-refractivity contribution in [2.75, 3.05) is 19.9 Å². The number of amides is 2. The van der Waals surface area contributed by atoms with E-state index in [0.717, 1.165) is 17.1 Å². The number of carbonyl (C=O) groups excluding carboxylic acids is 2. The third kappa shape index (κ3) is 4.54. The summed E-state index contributed by atoms with van der Waals surface area (Å²) in [6.07, 6.45) is 1.02. The van der Waals surface area contributed by atoms with E-state index in [-0.39, 0.29) is 18.6 Å². The molecule has 0 unspecified atom stereocenters. The maximum absolute atomic E-state index is 12.4. The minimum Gasteiger partial charge on any atom is -0.454 e. The number of carbonyl (C=O) groups is 2.